The quantitative estimate of drug-likeness (QED) is 0.864. The standard InChI is InChI=1S/C11H15ClO3/c1-7(6-13)10-9(14-2)5-4-8(12)11(10)15-3/h4-5,7,13H,6H2,1-3H3. The number of rotatable bonds is 4. The van der Waals surface area contributed by atoms with Gasteiger partial charge in [0.1, 0.15) is 11.5 Å². The fourth-order valence-electron chi connectivity index (χ4n) is 1.50. The molecule has 1 atom stereocenters. The lowest BCUT2D eigenvalue weighted by atomic mass is 10.00. The van der Waals surface area contributed by atoms with Gasteiger partial charge in [-0.1, -0.05) is 18.5 Å². The largest absolute Gasteiger partial charge is 0.496 e. The van der Waals surface area contributed by atoms with Crippen molar-refractivity contribution in [2.24, 2.45) is 0 Å². The number of methoxy groups -OCH3 is 2. The molecule has 0 bridgehead atoms. The zero-order valence-corrected chi connectivity index (χ0v) is 9.84. The third-order valence-corrected chi connectivity index (χ3v) is 2.60. The highest BCUT2D eigenvalue weighted by atomic mass is 35.5. The van der Waals surface area contributed by atoms with E-state index in [4.69, 9.17) is 26.2 Å². The molecule has 1 N–H and O–H groups in total. The number of hydrogen-bond acceptors (Lipinski definition) is 3. The summed E-state index contributed by atoms with van der Waals surface area (Å²) >= 11 is 6.00. The zero-order chi connectivity index (χ0) is 11.4. The maximum absolute atomic E-state index is 9.16. The van der Waals surface area contributed by atoms with Crippen LogP contribution in [0.25, 0.3) is 0 Å². The van der Waals surface area contributed by atoms with Gasteiger partial charge in [0.15, 0.2) is 0 Å². The Kier molecular flexibility index (Phi) is 4.24. The summed E-state index contributed by atoms with van der Waals surface area (Å²) in [5.74, 6) is 1.17. The Balaban J connectivity index is 3.33. The molecule has 0 aromatic heterocycles. The zero-order valence-electron chi connectivity index (χ0n) is 9.08. The fourth-order valence-corrected chi connectivity index (χ4v) is 1.74. The van der Waals surface area contributed by atoms with Crippen LogP contribution in [0, 0.1) is 0 Å². The molecule has 0 saturated heterocycles. The summed E-state index contributed by atoms with van der Waals surface area (Å²) in [5.41, 5.74) is 0.801. The SMILES string of the molecule is COc1ccc(Cl)c(OC)c1C(C)CO. The molecule has 0 saturated carbocycles. The predicted octanol–water partition coefficient (Wildman–Crippen LogP) is 2.45. The summed E-state index contributed by atoms with van der Waals surface area (Å²) in [6, 6.07) is 3.49. The second-order valence-corrected chi connectivity index (χ2v) is 3.69. The summed E-state index contributed by atoms with van der Waals surface area (Å²) < 4.78 is 10.4. The van der Waals surface area contributed by atoms with Crippen molar-refractivity contribution in [2.75, 3.05) is 20.8 Å². The van der Waals surface area contributed by atoms with Gasteiger partial charge in [-0.25, -0.2) is 0 Å². The average molecular weight is 231 g/mol. The van der Waals surface area contributed by atoms with Gasteiger partial charge in [-0.15, -0.1) is 0 Å². The molecule has 4 heteroatoms. The van der Waals surface area contributed by atoms with Crippen LogP contribution < -0.4 is 9.47 Å². The molecule has 1 aromatic rings. The van der Waals surface area contributed by atoms with Crippen molar-refractivity contribution in [1.82, 2.24) is 0 Å². The second-order valence-electron chi connectivity index (χ2n) is 3.28. The molecule has 0 fully saturated rings. The van der Waals surface area contributed by atoms with Crippen molar-refractivity contribution >= 4 is 11.6 Å². The molecule has 3 nitrogen and oxygen atoms in total. The number of ether oxygens (including phenoxy) is 2. The number of aliphatic hydroxyl groups is 1. The van der Waals surface area contributed by atoms with Gasteiger partial charge in [-0.05, 0) is 12.1 Å². The summed E-state index contributed by atoms with van der Waals surface area (Å²) in [4.78, 5) is 0. The molecule has 1 rings (SSSR count). The minimum absolute atomic E-state index is 0.0209. The van der Waals surface area contributed by atoms with E-state index in [0.29, 0.717) is 16.5 Å². The Hall–Kier alpha value is -0.930. The van der Waals surface area contributed by atoms with Crippen LogP contribution in [-0.2, 0) is 0 Å². The van der Waals surface area contributed by atoms with E-state index in [1.54, 1.807) is 26.4 Å². The van der Waals surface area contributed by atoms with E-state index in [0.717, 1.165) is 5.56 Å². The van der Waals surface area contributed by atoms with Crippen LogP contribution in [0.3, 0.4) is 0 Å². The summed E-state index contributed by atoms with van der Waals surface area (Å²) in [7, 11) is 3.13. The van der Waals surface area contributed by atoms with Gasteiger partial charge in [0.05, 0.1) is 19.2 Å². The first-order valence-electron chi connectivity index (χ1n) is 4.66. The average Bonchev–Trinajstić information content (AvgIpc) is 2.27. The van der Waals surface area contributed by atoms with Crippen LogP contribution in [0.5, 0.6) is 11.5 Å². The predicted molar refractivity (Wildman–Crippen MR) is 60.1 cm³/mol. The first-order chi connectivity index (χ1) is 7.15. The Morgan fingerprint density at radius 1 is 1.33 bits per heavy atom. The molecule has 0 amide bonds. The number of halogens is 1. The summed E-state index contributed by atoms with van der Waals surface area (Å²) in [5, 5.41) is 9.69. The van der Waals surface area contributed by atoms with Gasteiger partial charge in [0.25, 0.3) is 0 Å². The van der Waals surface area contributed by atoms with Gasteiger partial charge in [0, 0.05) is 18.1 Å². The van der Waals surface area contributed by atoms with Crippen molar-refractivity contribution in [3.05, 3.63) is 22.7 Å². The topological polar surface area (TPSA) is 38.7 Å². The van der Waals surface area contributed by atoms with Crippen LogP contribution in [0.4, 0.5) is 0 Å². The Morgan fingerprint density at radius 2 is 2.00 bits per heavy atom. The minimum Gasteiger partial charge on any atom is -0.496 e. The van der Waals surface area contributed by atoms with Gasteiger partial charge in [0.2, 0.25) is 0 Å². The highest BCUT2D eigenvalue weighted by Gasteiger charge is 2.18. The molecule has 0 heterocycles. The lowest BCUT2D eigenvalue weighted by Crippen LogP contribution is -2.05. The number of benzene rings is 1. The third-order valence-electron chi connectivity index (χ3n) is 2.30. The molecule has 0 aliphatic heterocycles. The van der Waals surface area contributed by atoms with Crippen molar-refractivity contribution in [3.63, 3.8) is 0 Å². The molecular formula is C11H15ClO3. The highest BCUT2D eigenvalue weighted by molar-refractivity contribution is 6.32. The third kappa shape index (κ3) is 2.36. The number of hydrogen-bond donors (Lipinski definition) is 1. The van der Waals surface area contributed by atoms with E-state index in [-0.39, 0.29) is 12.5 Å². The number of aliphatic hydroxyl groups excluding tert-OH is 1. The molecule has 1 aromatic carbocycles. The van der Waals surface area contributed by atoms with Crippen LogP contribution in [0.1, 0.15) is 18.4 Å². The minimum atomic E-state index is -0.0754. The van der Waals surface area contributed by atoms with E-state index in [9.17, 15) is 0 Å². The van der Waals surface area contributed by atoms with E-state index in [1.807, 2.05) is 6.92 Å². The smallest absolute Gasteiger partial charge is 0.144 e. The monoisotopic (exact) mass is 230 g/mol. The maximum Gasteiger partial charge on any atom is 0.144 e. The second kappa shape index (κ2) is 5.24. The molecule has 15 heavy (non-hydrogen) atoms. The Morgan fingerprint density at radius 3 is 2.47 bits per heavy atom. The van der Waals surface area contributed by atoms with Crippen molar-refractivity contribution in [2.45, 2.75) is 12.8 Å². The van der Waals surface area contributed by atoms with Crippen molar-refractivity contribution in [1.29, 1.82) is 0 Å². The van der Waals surface area contributed by atoms with Gasteiger partial charge >= 0.3 is 0 Å². The first kappa shape index (κ1) is 12.1. The van der Waals surface area contributed by atoms with E-state index in [2.05, 4.69) is 0 Å². The fraction of sp³-hybridized carbons (Fsp3) is 0.455. The van der Waals surface area contributed by atoms with Crippen LogP contribution in [-0.4, -0.2) is 25.9 Å². The lowest BCUT2D eigenvalue weighted by Gasteiger charge is -2.18. The van der Waals surface area contributed by atoms with E-state index < -0.39 is 0 Å². The van der Waals surface area contributed by atoms with Gasteiger partial charge in [-0.2, -0.15) is 0 Å². The normalized spacial score (nSPS) is 12.3. The van der Waals surface area contributed by atoms with Crippen molar-refractivity contribution in [3.8, 4) is 11.5 Å². The van der Waals surface area contributed by atoms with Crippen LogP contribution >= 0.6 is 11.6 Å². The maximum atomic E-state index is 9.16. The van der Waals surface area contributed by atoms with Crippen LogP contribution in [0.2, 0.25) is 5.02 Å². The molecule has 84 valence electrons. The lowest BCUT2D eigenvalue weighted by molar-refractivity contribution is 0.266. The van der Waals surface area contributed by atoms with E-state index in [1.165, 1.54) is 0 Å². The van der Waals surface area contributed by atoms with Crippen molar-refractivity contribution < 1.29 is 14.6 Å². The molecule has 0 aliphatic carbocycles. The Labute approximate surface area is 94.6 Å². The highest BCUT2D eigenvalue weighted by Crippen LogP contribution is 2.39. The Bertz CT molecular complexity index is 339. The van der Waals surface area contributed by atoms with Gasteiger partial charge in [-0.3, -0.25) is 0 Å². The van der Waals surface area contributed by atoms with Crippen LogP contribution in [0.15, 0.2) is 12.1 Å². The van der Waals surface area contributed by atoms with Gasteiger partial charge < -0.3 is 14.6 Å². The molecule has 0 spiro atoms. The molecule has 1 unspecified atom stereocenters. The van der Waals surface area contributed by atoms with E-state index >= 15 is 0 Å². The molecular weight excluding hydrogens is 216 g/mol. The first-order valence-corrected chi connectivity index (χ1v) is 5.04. The molecule has 0 radical (unpaired) electrons. The summed E-state index contributed by atoms with van der Waals surface area (Å²) in [6.07, 6.45) is 0. The summed E-state index contributed by atoms with van der Waals surface area (Å²) in [6.45, 7) is 1.91. The molecule has 0 aliphatic rings.